The van der Waals surface area contributed by atoms with Crippen molar-refractivity contribution in [2.45, 2.75) is 84.3 Å². The molecule has 2 aliphatic heterocycles. The summed E-state index contributed by atoms with van der Waals surface area (Å²) in [5.74, 6) is -1.59. The average Bonchev–Trinajstić information content (AvgIpc) is 3.50. The number of aliphatic carboxylic acids is 1. The highest BCUT2D eigenvalue weighted by molar-refractivity contribution is 6.31. The van der Waals surface area contributed by atoms with Crippen molar-refractivity contribution in [3.8, 4) is 5.75 Å². The number of ether oxygens (including phenoxy) is 1. The Labute approximate surface area is 253 Å². The maximum absolute atomic E-state index is 14.4. The van der Waals surface area contributed by atoms with Crippen molar-refractivity contribution in [1.82, 2.24) is 15.0 Å². The van der Waals surface area contributed by atoms with Gasteiger partial charge in [-0.3, -0.25) is 14.4 Å². The van der Waals surface area contributed by atoms with Crippen molar-refractivity contribution in [1.29, 1.82) is 0 Å². The molecule has 1 aromatic heterocycles. The number of aryl methyl sites for hydroxylation is 1. The van der Waals surface area contributed by atoms with E-state index in [0.29, 0.717) is 55.1 Å². The lowest BCUT2D eigenvalue weighted by atomic mass is 9.66. The summed E-state index contributed by atoms with van der Waals surface area (Å²) in [6, 6.07) is 2.67. The number of amides is 2. The van der Waals surface area contributed by atoms with E-state index in [0.717, 1.165) is 31.2 Å². The number of carboxylic acid groups (broad SMARTS) is 1. The van der Waals surface area contributed by atoms with Gasteiger partial charge in [0.1, 0.15) is 23.8 Å². The highest BCUT2D eigenvalue weighted by Gasteiger charge is 2.54. The standard InChI is InChI=1S/C31H36ClF2N3O6/c1-17-25(27(33)34)21(35-43-17)15-42-23-7-6-20(32)18-8-12-37(28(39)19-5-3-4-9-30(19,2)29(40)41)22(26(18)23)14-36-16-31(10-11-31)13-24(36)38/h6-7,19,22,27H,3-5,8-16H2,1-2H3,(H,40,41)/t19-,22+,30-/m0/s1. The van der Waals surface area contributed by atoms with E-state index in [4.69, 9.17) is 20.9 Å². The molecule has 232 valence electrons. The third kappa shape index (κ3) is 5.27. The summed E-state index contributed by atoms with van der Waals surface area (Å²) in [6.07, 6.45) is 2.41. The van der Waals surface area contributed by atoms with Gasteiger partial charge in [-0.15, -0.1) is 0 Å². The lowest BCUT2D eigenvalue weighted by Gasteiger charge is -2.45. The first-order chi connectivity index (χ1) is 20.4. The first-order valence-electron chi connectivity index (χ1n) is 14.9. The van der Waals surface area contributed by atoms with Crippen LogP contribution in [0.25, 0.3) is 0 Å². The number of carboxylic acids is 1. The summed E-state index contributed by atoms with van der Waals surface area (Å²) in [5.41, 5.74) is -0.176. The van der Waals surface area contributed by atoms with Crippen LogP contribution in [0.4, 0.5) is 8.78 Å². The fraction of sp³-hybridized carbons (Fsp3) is 0.613. The minimum Gasteiger partial charge on any atom is -0.487 e. The molecule has 2 amide bonds. The molecule has 2 aliphatic carbocycles. The van der Waals surface area contributed by atoms with Crippen LogP contribution in [0.5, 0.6) is 5.75 Å². The Kier molecular flexibility index (Phi) is 7.67. The van der Waals surface area contributed by atoms with Gasteiger partial charge in [0.05, 0.1) is 22.9 Å². The van der Waals surface area contributed by atoms with E-state index in [1.54, 1.807) is 28.9 Å². The van der Waals surface area contributed by atoms with Crippen molar-refractivity contribution in [2.75, 3.05) is 19.6 Å². The summed E-state index contributed by atoms with van der Waals surface area (Å²) < 4.78 is 38.5. The number of rotatable bonds is 8. The number of likely N-dealkylation sites (tertiary alicyclic amines) is 1. The first-order valence-corrected chi connectivity index (χ1v) is 15.3. The van der Waals surface area contributed by atoms with Crippen molar-refractivity contribution >= 4 is 29.4 Å². The summed E-state index contributed by atoms with van der Waals surface area (Å²) in [5, 5.41) is 14.4. The number of hydrogen-bond donors (Lipinski definition) is 1. The Hall–Kier alpha value is -3.21. The zero-order valence-corrected chi connectivity index (χ0v) is 25.1. The van der Waals surface area contributed by atoms with Crippen molar-refractivity contribution < 1.29 is 37.5 Å². The third-order valence-electron chi connectivity index (χ3n) is 10.2. The van der Waals surface area contributed by atoms with E-state index >= 15 is 0 Å². The number of carbonyl (C=O) groups excluding carboxylic acids is 2. The summed E-state index contributed by atoms with van der Waals surface area (Å²) in [6.45, 7) is 3.88. The van der Waals surface area contributed by atoms with E-state index in [1.165, 1.54) is 6.92 Å². The van der Waals surface area contributed by atoms with Gasteiger partial charge >= 0.3 is 5.97 Å². The van der Waals surface area contributed by atoms with Crippen LogP contribution in [0.15, 0.2) is 16.7 Å². The SMILES string of the molecule is Cc1onc(COc2ccc(Cl)c3c2[C@@H](CN2CC4(CC4)CC2=O)N(C(=O)[C@@H]2CCCC[C@]2(C)C(=O)O)CC3)c1C(F)F. The molecule has 12 heteroatoms. The van der Waals surface area contributed by atoms with Crippen LogP contribution < -0.4 is 4.74 Å². The van der Waals surface area contributed by atoms with E-state index in [2.05, 4.69) is 5.16 Å². The molecule has 2 aromatic rings. The molecule has 1 N–H and O–H groups in total. The number of alkyl halides is 2. The van der Waals surface area contributed by atoms with Crippen LogP contribution in [0.1, 0.15) is 92.5 Å². The number of halogens is 3. The number of benzene rings is 1. The number of aromatic nitrogens is 1. The van der Waals surface area contributed by atoms with Gasteiger partial charge < -0.3 is 24.2 Å². The second-order valence-electron chi connectivity index (χ2n) is 12.9. The van der Waals surface area contributed by atoms with Crippen LogP contribution in [0.3, 0.4) is 0 Å². The monoisotopic (exact) mass is 619 g/mol. The van der Waals surface area contributed by atoms with Crippen LogP contribution in [-0.2, 0) is 27.4 Å². The second kappa shape index (κ2) is 11.1. The van der Waals surface area contributed by atoms with E-state index < -0.39 is 29.8 Å². The van der Waals surface area contributed by atoms with Crippen LogP contribution in [-0.4, -0.2) is 57.5 Å². The molecule has 0 bridgehead atoms. The predicted octanol–water partition coefficient (Wildman–Crippen LogP) is 5.87. The quantitative estimate of drug-likeness (QED) is 0.393. The lowest BCUT2D eigenvalue weighted by Crippen LogP contribution is -2.52. The molecule has 9 nitrogen and oxygen atoms in total. The summed E-state index contributed by atoms with van der Waals surface area (Å²) >= 11 is 6.69. The molecule has 1 spiro atoms. The normalized spacial score (nSPS) is 26.2. The van der Waals surface area contributed by atoms with E-state index in [-0.39, 0.29) is 47.4 Å². The van der Waals surface area contributed by atoms with Gasteiger partial charge in [0, 0.05) is 36.6 Å². The fourth-order valence-corrected chi connectivity index (χ4v) is 7.63. The van der Waals surface area contributed by atoms with Crippen LogP contribution in [0, 0.1) is 23.7 Å². The molecule has 43 heavy (non-hydrogen) atoms. The molecule has 1 aromatic carbocycles. The van der Waals surface area contributed by atoms with Gasteiger partial charge in [0.15, 0.2) is 0 Å². The zero-order valence-electron chi connectivity index (χ0n) is 24.3. The Balaban J connectivity index is 1.38. The molecule has 4 aliphatic rings. The molecule has 1 saturated heterocycles. The van der Waals surface area contributed by atoms with Gasteiger partial charge in [0.25, 0.3) is 6.43 Å². The van der Waals surface area contributed by atoms with Crippen LogP contribution in [0.2, 0.25) is 5.02 Å². The molecular formula is C31H36ClF2N3O6. The number of nitrogens with zero attached hydrogens (tertiary/aromatic N) is 3. The summed E-state index contributed by atoms with van der Waals surface area (Å²) in [4.78, 5) is 43.4. The number of hydrogen-bond acceptors (Lipinski definition) is 6. The van der Waals surface area contributed by atoms with Crippen LogP contribution >= 0.6 is 11.6 Å². The Bertz CT molecular complexity index is 1460. The Morgan fingerprint density at radius 2 is 2.02 bits per heavy atom. The molecule has 3 atom stereocenters. The van der Waals surface area contributed by atoms with E-state index in [1.807, 2.05) is 0 Å². The summed E-state index contributed by atoms with van der Waals surface area (Å²) in [7, 11) is 0. The van der Waals surface area contributed by atoms with Gasteiger partial charge in [0.2, 0.25) is 11.8 Å². The minimum atomic E-state index is -2.79. The zero-order chi connectivity index (χ0) is 30.7. The topological polar surface area (TPSA) is 113 Å². The number of fused-ring (bicyclic) bond motifs is 1. The molecule has 0 radical (unpaired) electrons. The highest BCUT2D eigenvalue weighted by atomic mass is 35.5. The second-order valence-corrected chi connectivity index (χ2v) is 13.3. The smallest absolute Gasteiger partial charge is 0.310 e. The maximum Gasteiger partial charge on any atom is 0.310 e. The Morgan fingerprint density at radius 3 is 2.70 bits per heavy atom. The predicted molar refractivity (Wildman–Crippen MR) is 151 cm³/mol. The largest absolute Gasteiger partial charge is 0.487 e. The Morgan fingerprint density at radius 1 is 1.26 bits per heavy atom. The maximum atomic E-state index is 14.4. The third-order valence-corrected chi connectivity index (χ3v) is 10.5. The molecular weight excluding hydrogens is 584 g/mol. The van der Waals surface area contributed by atoms with Crippen molar-refractivity contribution in [3.05, 3.63) is 45.3 Å². The molecule has 3 fully saturated rings. The molecule has 2 saturated carbocycles. The average molecular weight is 620 g/mol. The highest BCUT2D eigenvalue weighted by Crippen LogP contribution is 2.54. The van der Waals surface area contributed by atoms with Gasteiger partial charge in [-0.05, 0) is 69.1 Å². The van der Waals surface area contributed by atoms with Crippen molar-refractivity contribution in [2.24, 2.45) is 16.7 Å². The fourth-order valence-electron chi connectivity index (χ4n) is 7.37. The minimum absolute atomic E-state index is 0.00117. The molecule has 3 heterocycles. The first kappa shape index (κ1) is 29.8. The number of carbonyl (C=O) groups is 3. The molecule has 6 rings (SSSR count). The van der Waals surface area contributed by atoms with Crippen molar-refractivity contribution in [3.63, 3.8) is 0 Å². The van der Waals surface area contributed by atoms with E-state index in [9.17, 15) is 28.3 Å². The van der Waals surface area contributed by atoms with Gasteiger partial charge in [-0.1, -0.05) is 29.6 Å². The van der Waals surface area contributed by atoms with Gasteiger partial charge in [-0.25, -0.2) is 8.78 Å². The lowest BCUT2D eigenvalue weighted by molar-refractivity contribution is -0.162. The van der Waals surface area contributed by atoms with Gasteiger partial charge in [-0.2, -0.15) is 0 Å². The molecule has 0 unspecified atom stereocenters.